The molecule has 0 amide bonds. The number of ether oxygens (including phenoxy) is 1. The first kappa shape index (κ1) is 17.8. The van der Waals surface area contributed by atoms with Crippen molar-refractivity contribution in [2.45, 2.75) is 52.4 Å². The zero-order valence-corrected chi connectivity index (χ0v) is 15.9. The van der Waals surface area contributed by atoms with Crippen LogP contribution in [0, 0.1) is 0 Å². The number of pyridine rings is 1. The topological polar surface area (TPSA) is 22.1 Å². The van der Waals surface area contributed by atoms with Crippen molar-refractivity contribution in [2.24, 2.45) is 0 Å². The second-order valence-electron chi connectivity index (χ2n) is 7.95. The maximum atomic E-state index is 6.15. The summed E-state index contributed by atoms with van der Waals surface area (Å²) in [5.74, 6) is 0.854. The number of benzene rings is 1. The van der Waals surface area contributed by atoms with Crippen molar-refractivity contribution in [1.29, 1.82) is 0 Å². The Hall–Kier alpha value is -1.54. The van der Waals surface area contributed by atoms with Crippen LogP contribution < -0.4 is 4.74 Å². The maximum Gasteiger partial charge on any atom is 0.129 e. The van der Waals surface area contributed by atoms with Gasteiger partial charge in [0.15, 0.2) is 0 Å². The molecule has 0 aliphatic rings. The standard InChI is InChI=1S/C20H26ClNO/c1-19(2,3)13-8-10-16(23-7)15(12-13)14-9-11-17(21)22-18(14)20(4,5)6/h8-12H,1-7H3. The van der Waals surface area contributed by atoms with Crippen LogP contribution in [0.5, 0.6) is 5.75 Å². The minimum atomic E-state index is -0.108. The Morgan fingerprint density at radius 3 is 2.04 bits per heavy atom. The van der Waals surface area contributed by atoms with Crippen LogP contribution in [0.15, 0.2) is 30.3 Å². The molecule has 2 rings (SSSR count). The Bertz CT molecular complexity index is 709. The zero-order chi connectivity index (χ0) is 17.4. The predicted octanol–water partition coefficient (Wildman–Crippen LogP) is 6.01. The highest BCUT2D eigenvalue weighted by Crippen LogP contribution is 2.39. The summed E-state index contributed by atoms with van der Waals surface area (Å²) in [6, 6.07) is 10.3. The maximum absolute atomic E-state index is 6.15. The fraction of sp³-hybridized carbons (Fsp3) is 0.450. The number of hydrogen-bond acceptors (Lipinski definition) is 2. The fourth-order valence-corrected chi connectivity index (χ4v) is 2.76. The third-order valence-electron chi connectivity index (χ3n) is 3.93. The molecule has 0 spiro atoms. The van der Waals surface area contributed by atoms with Gasteiger partial charge in [0.25, 0.3) is 0 Å². The van der Waals surface area contributed by atoms with E-state index in [9.17, 15) is 0 Å². The van der Waals surface area contributed by atoms with Gasteiger partial charge >= 0.3 is 0 Å². The second-order valence-corrected chi connectivity index (χ2v) is 8.33. The number of nitrogens with zero attached hydrogens (tertiary/aromatic N) is 1. The van der Waals surface area contributed by atoms with Gasteiger partial charge in [0, 0.05) is 16.5 Å². The molecule has 2 aromatic rings. The van der Waals surface area contributed by atoms with E-state index >= 15 is 0 Å². The molecule has 0 N–H and O–H groups in total. The highest BCUT2D eigenvalue weighted by molar-refractivity contribution is 6.29. The van der Waals surface area contributed by atoms with E-state index in [4.69, 9.17) is 16.3 Å². The van der Waals surface area contributed by atoms with Gasteiger partial charge in [0.1, 0.15) is 10.9 Å². The zero-order valence-electron chi connectivity index (χ0n) is 15.1. The largest absolute Gasteiger partial charge is 0.496 e. The molecule has 0 bridgehead atoms. The molecule has 0 atom stereocenters. The van der Waals surface area contributed by atoms with Gasteiger partial charge in [0.2, 0.25) is 0 Å². The summed E-state index contributed by atoms with van der Waals surface area (Å²) in [4.78, 5) is 4.60. The molecule has 1 aromatic heterocycles. The molecule has 3 heteroatoms. The van der Waals surface area contributed by atoms with E-state index in [1.165, 1.54) is 5.56 Å². The van der Waals surface area contributed by atoms with Crippen molar-refractivity contribution in [3.05, 3.63) is 46.7 Å². The van der Waals surface area contributed by atoms with Crippen molar-refractivity contribution < 1.29 is 4.74 Å². The van der Waals surface area contributed by atoms with Gasteiger partial charge < -0.3 is 4.74 Å². The normalized spacial score (nSPS) is 12.3. The summed E-state index contributed by atoms with van der Waals surface area (Å²) in [6.45, 7) is 13.1. The quantitative estimate of drug-likeness (QED) is 0.629. The smallest absolute Gasteiger partial charge is 0.129 e. The highest BCUT2D eigenvalue weighted by Gasteiger charge is 2.24. The number of methoxy groups -OCH3 is 1. The van der Waals surface area contributed by atoms with Gasteiger partial charge in [-0.25, -0.2) is 4.98 Å². The van der Waals surface area contributed by atoms with Crippen molar-refractivity contribution >= 4 is 11.6 Å². The Balaban J connectivity index is 2.75. The van der Waals surface area contributed by atoms with E-state index in [1.807, 2.05) is 18.2 Å². The third kappa shape index (κ3) is 3.87. The molecule has 0 saturated heterocycles. The Morgan fingerprint density at radius 1 is 0.870 bits per heavy atom. The lowest BCUT2D eigenvalue weighted by molar-refractivity contribution is 0.415. The molecule has 2 nitrogen and oxygen atoms in total. The lowest BCUT2D eigenvalue weighted by Gasteiger charge is -2.25. The number of halogens is 1. The SMILES string of the molecule is COc1ccc(C(C)(C)C)cc1-c1ccc(Cl)nc1C(C)(C)C. The van der Waals surface area contributed by atoms with Crippen molar-refractivity contribution in [2.75, 3.05) is 7.11 Å². The first-order valence-electron chi connectivity index (χ1n) is 7.90. The monoisotopic (exact) mass is 331 g/mol. The molecule has 1 heterocycles. The van der Waals surface area contributed by atoms with Crippen LogP contribution in [0.25, 0.3) is 11.1 Å². The molecule has 124 valence electrons. The van der Waals surface area contributed by atoms with E-state index in [0.29, 0.717) is 5.15 Å². The number of rotatable bonds is 2. The molecule has 0 saturated carbocycles. The summed E-state index contributed by atoms with van der Waals surface area (Å²) in [7, 11) is 1.70. The Kier molecular flexibility index (Phi) is 4.77. The van der Waals surface area contributed by atoms with E-state index in [-0.39, 0.29) is 10.8 Å². The minimum Gasteiger partial charge on any atom is -0.496 e. The van der Waals surface area contributed by atoms with Crippen molar-refractivity contribution in [3.63, 3.8) is 0 Å². The van der Waals surface area contributed by atoms with Crippen LogP contribution in [0.2, 0.25) is 5.15 Å². The molecule has 0 unspecified atom stereocenters. The lowest BCUT2D eigenvalue weighted by atomic mass is 9.82. The van der Waals surface area contributed by atoms with Crippen LogP contribution in [0.1, 0.15) is 52.8 Å². The minimum absolute atomic E-state index is 0.0722. The average Bonchev–Trinajstić information content (AvgIpc) is 2.44. The third-order valence-corrected chi connectivity index (χ3v) is 4.14. The van der Waals surface area contributed by atoms with Crippen molar-refractivity contribution in [1.82, 2.24) is 4.98 Å². The van der Waals surface area contributed by atoms with E-state index < -0.39 is 0 Å². The fourth-order valence-electron chi connectivity index (χ4n) is 2.61. The summed E-state index contributed by atoms with van der Waals surface area (Å²) in [5.41, 5.74) is 4.35. The molecule has 0 aliphatic carbocycles. The molecule has 0 radical (unpaired) electrons. The summed E-state index contributed by atoms with van der Waals surface area (Å²) in [5, 5.41) is 0.518. The second kappa shape index (κ2) is 6.16. The van der Waals surface area contributed by atoms with E-state index in [0.717, 1.165) is 22.6 Å². The molecule has 1 aromatic carbocycles. The summed E-state index contributed by atoms with van der Waals surface area (Å²) in [6.07, 6.45) is 0. The summed E-state index contributed by atoms with van der Waals surface area (Å²) >= 11 is 6.15. The van der Waals surface area contributed by atoms with Gasteiger partial charge in [-0.15, -0.1) is 0 Å². The number of aromatic nitrogens is 1. The van der Waals surface area contributed by atoms with Gasteiger partial charge in [-0.2, -0.15) is 0 Å². The Morgan fingerprint density at radius 2 is 1.52 bits per heavy atom. The van der Waals surface area contributed by atoms with Crippen LogP contribution in [-0.4, -0.2) is 12.1 Å². The first-order chi connectivity index (χ1) is 10.5. The van der Waals surface area contributed by atoms with Crippen LogP contribution in [-0.2, 0) is 10.8 Å². The summed E-state index contributed by atoms with van der Waals surface area (Å²) < 4.78 is 5.60. The predicted molar refractivity (Wildman–Crippen MR) is 98.6 cm³/mol. The van der Waals surface area contributed by atoms with Crippen LogP contribution >= 0.6 is 11.6 Å². The van der Waals surface area contributed by atoms with Gasteiger partial charge in [-0.05, 0) is 35.2 Å². The lowest BCUT2D eigenvalue weighted by Crippen LogP contribution is -2.16. The van der Waals surface area contributed by atoms with Crippen LogP contribution in [0.4, 0.5) is 0 Å². The molecule has 23 heavy (non-hydrogen) atoms. The molecule has 0 aliphatic heterocycles. The average molecular weight is 332 g/mol. The van der Waals surface area contributed by atoms with Gasteiger partial charge in [-0.3, -0.25) is 0 Å². The molecule has 0 fully saturated rings. The van der Waals surface area contributed by atoms with Crippen molar-refractivity contribution in [3.8, 4) is 16.9 Å². The van der Waals surface area contributed by atoms with Gasteiger partial charge in [0.05, 0.1) is 12.8 Å². The molecular weight excluding hydrogens is 306 g/mol. The first-order valence-corrected chi connectivity index (χ1v) is 8.28. The van der Waals surface area contributed by atoms with Gasteiger partial charge in [-0.1, -0.05) is 59.2 Å². The van der Waals surface area contributed by atoms with E-state index in [1.54, 1.807) is 7.11 Å². The highest BCUT2D eigenvalue weighted by atomic mass is 35.5. The molecular formula is C20H26ClNO. The van der Waals surface area contributed by atoms with Crippen LogP contribution in [0.3, 0.4) is 0 Å². The number of hydrogen-bond donors (Lipinski definition) is 0. The van der Waals surface area contributed by atoms with E-state index in [2.05, 4.69) is 58.7 Å². The Labute approximate surface area is 144 Å².